The van der Waals surface area contributed by atoms with E-state index in [0.29, 0.717) is 18.0 Å². The highest BCUT2D eigenvalue weighted by Gasteiger charge is 2.26. The molecule has 0 bridgehead atoms. The molecule has 98 valence electrons. The highest BCUT2D eigenvalue weighted by Crippen LogP contribution is 2.20. The van der Waals surface area contributed by atoms with Crippen LogP contribution < -0.4 is 10.5 Å². The van der Waals surface area contributed by atoms with Gasteiger partial charge in [0, 0.05) is 20.2 Å². The first-order chi connectivity index (χ1) is 8.70. The van der Waals surface area contributed by atoms with Crippen molar-refractivity contribution < 1.29 is 14.3 Å². The molecular formula is C13H18N2O3. The summed E-state index contributed by atoms with van der Waals surface area (Å²) in [5, 5.41) is 0. The molecule has 18 heavy (non-hydrogen) atoms. The SMILES string of the molecule is COC1CCN(C(=O)COc2ccccc2N)C1. The standard InChI is InChI=1S/C13H18N2O3/c1-17-10-6-7-15(8-10)13(16)9-18-12-5-3-2-4-11(12)14/h2-5,10H,6-9,14H2,1H3. The van der Waals surface area contributed by atoms with Crippen LogP contribution in [0.15, 0.2) is 24.3 Å². The molecular weight excluding hydrogens is 232 g/mol. The first-order valence-corrected chi connectivity index (χ1v) is 5.98. The Morgan fingerprint density at radius 1 is 1.50 bits per heavy atom. The van der Waals surface area contributed by atoms with Crippen molar-refractivity contribution in [2.75, 3.05) is 32.5 Å². The number of nitrogens with two attached hydrogens (primary N) is 1. The van der Waals surface area contributed by atoms with Crippen LogP contribution in [0.1, 0.15) is 6.42 Å². The van der Waals surface area contributed by atoms with Crippen LogP contribution >= 0.6 is 0 Å². The number of carbonyl (C=O) groups excluding carboxylic acids is 1. The lowest BCUT2D eigenvalue weighted by Crippen LogP contribution is -2.34. The molecule has 1 aliphatic rings. The maximum Gasteiger partial charge on any atom is 0.260 e. The Labute approximate surface area is 106 Å². The molecule has 0 aliphatic carbocycles. The second-order valence-corrected chi connectivity index (χ2v) is 4.31. The molecule has 1 amide bonds. The first kappa shape index (κ1) is 12.7. The Morgan fingerprint density at radius 2 is 2.28 bits per heavy atom. The number of anilines is 1. The van der Waals surface area contributed by atoms with E-state index in [9.17, 15) is 4.79 Å². The van der Waals surface area contributed by atoms with E-state index in [-0.39, 0.29) is 18.6 Å². The molecule has 1 fully saturated rings. The summed E-state index contributed by atoms with van der Waals surface area (Å²) in [5.41, 5.74) is 6.28. The van der Waals surface area contributed by atoms with Gasteiger partial charge in [0.15, 0.2) is 6.61 Å². The van der Waals surface area contributed by atoms with Gasteiger partial charge in [-0.2, -0.15) is 0 Å². The van der Waals surface area contributed by atoms with E-state index in [0.717, 1.165) is 13.0 Å². The Morgan fingerprint density at radius 3 is 2.94 bits per heavy atom. The summed E-state index contributed by atoms with van der Waals surface area (Å²) < 4.78 is 10.6. The van der Waals surface area contributed by atoms with Crippen LogP contribution in [-0.4, -0.2) is 43.7 Å². The third kappa shape index (κ3) is 2.92. The van der Waals surface area contributed by atoms with E-state index >= 15 is 0 Å². The lowest BCUT2D eigenvalue weighted by molar-refractivity contribution is -0.132. The number of nitrogen functional groups attached to an aromatic ring is 1. The number of nitrogens with zero attached hydrogens (tertiary/aromatic N) is 1. The molecule has 2 rings (SSSR count). The predicted molar refractivity (Wildman–Crippen MR) is 68.3 cm³/mol. The Hall–Kier alpha value is -1.75. The van der Waals surface area contributed by atoms with Gasteiger partial charge in [0.2, 0.25) is 0 Å². The fourth-order valence-corrected chi connectivity index (χ4v) is 1.99. The van der Waals surface area contributed by atoms with Crippen molar-refractivity contribution in [1.29, 1.82) is 0 Å². The van der Waals surface area contributed by atoms with Crippen LogP contribution in [0.5, 0.6) is 5.75 Å². The minimum Gasteiger partial charge on any atom is -0.482 e. The number of para-hydroxylation sites is 2. The number of rotatable bonds is 4. The Kier molecular flexibility index (Phi) is 4.04. The van der Waals surface area contributed by atoms with Crippen molar-refractivity contribution in [1.82, 2.24) is 4.90 Å². The number of carbonyl (C=O) groups is 1. The summed E-state index contributed by atoms with van der Waals surface area (Å²) in [6.07, 6.45) is 1.03. The van der Waals surface area contributed by atoms with Gasteiger partial charge in [0.25, 0.3) is 5.91 Å². The predicted octanol–water partition coefficient (Wildman–Crippen LogP) is 0.895. The molecule has 1 atom stereocenters. The number of benzene rings is 1. The van der Waals surface area contributed by atoms with Gasteiger partial charge in [0.05, 0.1) is 11.8 Å². The monoisotopic (exact) mass is 250 g/mol. The van der Waals surface area contributed by atoms with Crippen LogP contribution in [-0.2, 0) is 9.53 Å². The van der Waals surface area contributed by atoms with Crippen LogP contribution in [0.4, 0.5) is 5.69 Å². The smallest absolute Gasteiger partial charge is 0.260 e. The minimum absolute atomic E-state index is 0.0185. The largest absolute Gasteiger partial charge is 0.482 e. The molecule has 0 aromatic heterocycles. The summed E-state index contributed by atoms with van der Waals surface area (Å²) in [6.45, 7) is 1.39. The molecule has 1 aromatic carbocycles. The molecule has 0 radical (unpaired) electrons. The lowest BCUT2D eigenvalue weighted by atomic mass is 10.3. The van der Waals surface area contributed by atoms with Gasteiger partial charge in [-0.3, -0.25) is 4.79 Å². The number of hydrogen-bond acceptors (Lipinski definition) is 4. The number of amides is 1. The summed E-state index contributed by atoms with van der Waals surface area (Å²) in [7, 11) is 1.67. The molecule has 1 saturated heterocycles. The second kappa shape index (κ2) is 5.73. The highest BCUT2D eigenvalue weighted by atomic mass is 16.5. The number of methoxy groups -OCH3 is 1. The summed E-state index contributed by atoms with van der Waals surface area (Å²) in [4.78, 5) is 13.7. The summed E-state index contributed by atoms with van der Waals surface area (Å²) in [5.74, 6) is 0.520. The van der Waals surface area contributed by atoms with Crippen molar-refractivity contribution in [2.24, 2.45) is 0 Å². The fourth-order valence-electron chi connectivity index (χ4n) is 1.99. The van der Waals surface area contributed by atoms with Gasteiger partial charge in [-0.1, -0.05) is 12.1 Å². The number of likely N-dealkylation sites (tertiary alicyclic amines) is 1. The Balaban J connectivity index is 1.84. The van der Waals surface area contributed by atoms with E-state index in [1.165, 1.54) is 0 Å². The summed E-state index contributed by atoms with van der Waals surface area (Å²) in [6, 6.07) is 7.15. The zero-order chi connectivity index (χ0) is 13.0. The van der Waals surface area contributed by atoms with Gasteiger partial charge in [-0.25, -0.2) is 0 Å². The van der Waals surface area contributed by atoms with E-state index in [2.05, 4.69) is 0 Å². The molecule has 5 nitrogen and oxygen atoms in total. The number of ether oxygens (including phenoxy) is 2. The van der Waals surface area contributed by atoms with Crippen molar-refractivity contribution >= 4 is 11.6 Å². The van der Waals surface area contributed by atoms with Gasteiger partial charge in [-0.05, 0) is 18.6 Å². The average molecular weight is 250 g/mol. The van der Waals surface area contributed by atoms with Crippen molar-refractivity contribution in [3.63, 3.8) is 0 Å². The zero-order valence-corrected chi connectivity index (χ0v) is 10.5. The van der Waals surface area contributed by atoms with E-state index in [1.54, 1.807) is 24.1 Å². The zero-order valence-electron chi connectivity index (χ0n) is 10.5. The van der Waals surface area contributed by atoms with Crippen LogP contribution in [0, 0.1) is 0 Å². The van der Waals surface area contributed by atoms with Gasteiger partial charge in [-0.15, -0.1) is 0 Å². The quantitative estimate of drug-likeness (QED) is 0.806. The van der Waals surface area contributed by atoms with Gasteiger partial charge in [0.1, 0.15) is 5.75 Å². The molecule has 2 N–H and O–H groups in total. The van der Waals surface area contributed by atoms with Crippen molar-refractivity contribution in [2.45, 2.75) is 12.5 Å². The fraction of sp³-hybridized carbons (Fsp3) is 0.462. The van der Waals surface area contributed by atoms with E-state index in [1.807, 2.05) is 12.1 Å². The molecule has 0 saturated carbocycles. The van der Waals surface area contributed by atoms with Crippen LogP contribution in [0.2, 0.25) is 0 Å². The van der Waals surface area contributed by atoms with E-state index < -0.39 is 0 Å². The van der Waals surface area contributed by atoms with Crippen molar-refractivity contribution in [3.05, 3.63) is 24.3 Å². The molecule has 0 spiro atoms. The third-order valence-corrected chi connectivity index (χ3v) is 3.10. The highest BCUT2D eigenvalue weighted by molar-refractivity contribution is 5.78. The topological polar surface area (TPSA) is 64.8 Å². The maximum absolute atomic E-state index is 11.9. The summed E-state index contributed by atoms with van der Waals surface area (Å²) >= 11 is 0. The maximum atomic E-state index is 11.9. The molecule has 1 unspecified atom stereocenters. The average Bonchev–Trinajstić information content (AvgIpc) is 2.86. The number of hydrogen-bond donors (Lipinski definition) is 1. The Bertz CT molecular complexity index is 422. The van der Waals surface area contributed by atoms with Crippen LogP contribution in [0.25, 0.3) is 0 Å². The molecule has 1 heterocycles. The van der Waals surface area contributed by atoms with Gasteiger partial charge >= 0.3 is 0 Å². The van der Waals surface area contributed by atoms with Crippen molar-refractivity contribution in [3.8, 4) is 5.75 Å². The third-order valence-electron chi connectivity index (χ3n) is 3.10. The molecule has 1 aromatic rings. The van der Waals surface area contributed by atoms with Crippen LogP contribution in [0.3, 0.4) is 0 Å². The molecule has 5 heteroatoms. The lowest BCUT2D eigenvalue weighted by Gasteiger charge is -2.16. The van der Waals surface area contributed by atoms with E-state index in [4.69, 9.17) is 15.2 Å². The normalized spacial score (nSPS) is 18.9. The van der Waals surface area contributed by atoms with Gasteiger partial charge < -0.3 is 20.1 Å². The molecule has 1 aliphatic heterocycles. The second-order valence-electron chi connectivity index (χ2n) is 4.31. The first-order valence-electron chi connectivity index (χ1n) is 5.98. The minimum atomic E-state index is -0.0298.